The Labute approximate surface area is 158 Å². The molecule has 2 aromatic rings. The van der Waals surface area contributed by atoms with E-state index in [1.54, 1.807) is 12.1 Å². The Balaban J connectivity index is 1.43. The molecule has 0 radical (unpaired) electrons. The Hall–Kier alpha value is -2.28. The molecule has 0 bridgehead atoms. The molecule has 1 aromatic carbocycles. The van der Waals surface area contributed by atoms with E-state index in [9.17, 15) is 9.18 Å². The number of nitrogens with zero attached hydrogens (tertiary/aromatic N) is 4. The van der Waals surface area contributed by atoms with Crippen molar-refractivity contribution in [3.8, 4) is 0 Å². The Bertz CT molecular complexity index is 821. The van der Waals surface area contributed by atoms with Gasteiger partial charge in [-0.3, -0.25) is 4.79 Å². The van der Waals surface area contributed by atoms with Gasteiger partial charge in [0, 0.05) is 32.1 Å². The average molecular weight is 371 g/mol. The van der Waals surface area contributed by atoms with Crippen LogP contribution in [0, 0.1) is 5.82 Å². The monoisotopic (exact) mass is 371 g/mol. The molecule has 1 aromatic heterocycles. The minimum atomic E-state index is -0.666. The summed E-state index contributed by atoms with van der Waals surface area (Å²) < 4.78 is 15.5. The van der Waals surface area contributed by atoms with Crippen LogP contribution in [0.2, 0.25) is 0 Å². The molecule has 2 aliphatic heterocycles. The van der Waals surface area contributed by atoms with Gasteiger partial charge >= 0.3 is 0 Å². The van der Waals surface area contributed by atoms with Crippen LogP contribution in [0.4, 0.5) is 4.39 Å². The van der Waals surface area contributed by atoms with Gasteiger partial charge in [-0.1, -0.05) is 12.1 Å². The number of amides is 1. The van der Waals surface area contributed by atoms with Crippen molar-refractivity contribution in [3.05, 3.63) is 47.3 Å². The number of hydrogen-bond donors (Lipinski definition) is 1. The van der Waals surface area contributed by atoms with E-state index in [4.69, 9.17) is 0 Å². The first-order valence-corrected chi connectivity index (χ1v) is 9.65. The highest BCUT2D eigenvalue weighted by Gasteiger charge is 2.36. The summed E-state index contributed by atoms with van der Waals surface area (Å²) in [4.78, 5) is 15.1. The van der Waals surface area contributed by atoms with Gasteiger partial charge in [0.15, 0.2) is 0 Å². The molecule has 1 amide bonds. The van der Waals surface area contributed by atoms with E-state index in [1.807, 2.05) is 18.7 Å². The van der Waals surface area contributed by atoms with E-state index in [0.29, 0.717) is 19.0 Å². The van der Waals surface area contributed by atoms with E-state index in [-0.39, 0.29) is 11.7 Å². The zero-order chi connectivity index (χ0) is 19.0. The molecule has 0 aliphatic carbocycles. The number of hydrogen-bond acceptors (Lipinski definition) is 4. The van der Waals surface area contributed by atoms with Crippen molar-refractivity contribution < 1.29 is 9.18 Å². The van der Waals surface area contributed by atoms with Crippen molar-refractivity contribution >= 4 is 5.91 Å². The summed E-state index contributed by atoms with van der Waals surface area (Å²) in [5.74, 6) is 2.24. The van der Waals surface area contributed by atoms with Crippen LogP contribution in [0.5, 0.6) is 0 Å². The summed E-state index contributed by atoms with van der Waals surface area (Å²) in [6.45, 7) is 7.89. The number of halogens is 1. The van der Waals surface area contributed by atoms with Crippen molar-refractivity contribution in [1.82, 2.24) is 25.0 Å². The van der Waals surface area contributed by atoms with Crippen LogP contribution in [0.25, 0.3) is 0 Å². The minimum absolute atomic E-state index is 0.0973. The van der Waals surface area contributed by atoms with Crippen molar-refractivity contribution in [1.29, 1.82) is 0 Å². The maximum atomic E-state index is 13.2. The molecule has 1 fully saturated rings. The molecule has 2 aliphatic rings. The highest BCUT2D eigenvalue weighted by atomic mass is 19.1. The predicted octanol–water partition coefficient (Wildman–Crippen LogP) is 2.20. The van der Waals surface area contributed by atoms with Gasteiger partial charge in [-0.25, -0.2) is 4.39 Å². The molecular weight excluding hydrogens is 345 g/mol. The highest BCUT2D eigenvalue weighted by molar-refractivity contribution is 5.87. The summed E-state index contributed by atoms with van der Waals surface area (Å²) in [5, 5.41) is 12.1. The fourth-order valence-corrected chi connectivity index (χ4v) is 4.14. The van der Waals surface area contributed by atoms with Crippen LogP contribution in [-0.2, 0) is 23.3 Å². The standard InChI is InChI=1S/C20H26FN5O/c1-20(2,15-3-5-16(21)6-4-15)19(27)25-10-7-14(8-11-25)18-24-23-17-13-22-9-12-26(17)18/h3-6,14,22H,7-13H2,1-2H3. The van der Waals surface area contributed by atoms with Gasteiger partial charge in [0.25, 0.3) is 0 Å². The fraction of sp³-hybridized carbons (Fsp3) is 0.550. The number of carbonyl (C=O) groups is 1. The third kappa shape index (κ3) is 3.36. The van der Waals surface area contributed by atoms with Crippen LogP contribution >= 0.6 is 0 Å². The van der Waals surface area contributed by atoms with Gasteiger partial charge in [0.05, 0.1) is 12.0 Å². The lowest BCUT2D eigenvalue weighted by Gasteiger charge is -2.37. The summed E-state index contributed by atoms with van der Waals surface area (Å²) in [6, 6.07) is 6.24. The van der Waals surface area contributed by atoms with E-state index in [0.717, 1.165) is 49.7 Å². The quantitative estimate of drug-likeness (QED) is 0.899. The second-order valence-corrected chi connectivity index (χ2v) is 8.00. The van der Waals surface area contributed by atoms with Crippen LogP contribution in [0.3, 0.4) is 0 Å². The molecular formula is C20H26FN5O. The second-order valence-electron chi connectivity index (χ2n) is 8.00. The Morgan fingerprint density at radius 3 is 2.56 bits per heavy atom. The maximum absolute atomic E-state index is 13.2. The summed E-state index contributed by atoms with van der Waals surface area (Å²) in [7, 11) is 0. The lowest BCUT2D eigenvalue weighted by molar-refractivity contribution is -0.137. The third-order valence-corrected chi connectivity index (χ3v) is 5.90. The number of likely N-dealkylation sites (tertiary alicyclic amines) is 1. The van der Waals surface area contributed by atoms with E-state index >= 15 is 0 Å². The lowest BCUT2D eigenvalue weighted by Crippen LogP contribution is -2.47. The normalized spacial score (nSPS) is 18.4. The van der Waals surface area contributed by atoms with Gasteiger partial charge in [0.2, 0.25) is 5.91 Å². The summed E-state index contributed by atoms with van der Waals surface area (Å²) in [6.07, 6.45) is 1.80. The Morgan fingerprint density at radius 1 is 1.15 bits per heavy atom. The van der Waals surface area contributed by atoms with Crippen LogP contribution < -0.4 is 5.32 Å². The molecule has 0 spiro atoms. The largest absolute Gasteiger partial charge is 0.342 e. The van der Waals surface area contributed by atoms with Crippen LogP contribution in [0.15, 0.2) is 24.3 Å². The molecule has 0 atom stereocenters. The number of aromatic nitrogens is 3. The van der Waals surface area contributed by atoms with Crippen LogP contribution in [0.1, 0.15) is 49.8 Å². The average Bonchev–Trinajstić information content (AvgIpc) is 3.12. The smallest absolute Gasteiger partial charge is 0.232 e. The zero-order valence-corrected chi connectivity index (χ0v) is 15.9. The molecule has 0 unspecified atom stereocenters. The second kappa shape index (κ2) is 7.03. The van der Waals surface area contributed by atoms with E-state index < -0.39 is 5.41 Å². The molecule has 0 saturated carbocycles. The number of piperidine rings is 1. The van der Waals surface area contributed by atoms with Gasteiger partial charge < -0.3 is 14.8 Å². The fourth-order valence-electron chi connectivity index (χ4n) is 4.14. The minimum Gasteiger partial charge on any atom is -0.342 e. The predicted molar refractivity (Wildman–Crippen MR) is 99.7 cm³/mol. The van der Waals surface area contributed by atoms with Crippen LogP contribution in [-0.4, -0.2) is 45.2 Å². The van der Waals surface area contributed by atoms with Gasteiger partial charge in [0.1, 0.15) is 17.5 Å². The lowest BCUT2D eigenvalue weighted by atomic mass is 9.82. The molecule has 6 nitrogen and oxygen atoms in total. The zero-order valence-electron chi connectivity index (χ0n) is 15.9. The van der Waals surface area contributed by atoms with Crippen molar-refractivity contribution in [2.45, 2.75) is 51.1 Å². The van der Waals surface area contributed by atoms with Gasteiger partial charge in [-0.2, -0.15) is 0 Å². The highest BCUT2D eigenvalue weighted by Crippen LogP contribution is 2.32. The molecule has 7 heteroatoms. The third-order valence-electron chi connectivity index (χ3n) is 5.90. The number of fused-ring (bicyclic) bond motifs is 1. The van der Waals surface area contributed by atoms with E-state index in [1.165, 1.54) is 12.1 Å². The van der Waals surface area contributed by atoms with E-state index in [2.05, 4.69) is 20.1 Å². The molecule has 27 heavy (non-hydrogen) atoms. The first-order chi connectivity index (χ1) is 13.0. The van der Waals surface area contributed by atoms with Gasteiger partial charge in [-0.15, -0.1) is 10.2 Å². The van der Waals surface area contributed by atoms with Crippen molar-refractivity contribution in [2.75, 3.05) is 19.6 Å². The van der Waals surface area contributed by atoms with Crippen molar-refractivity contribution in [3.63, 3.8) is 0 Å². The molecule has 1 N–H and O–H groups in total. The molecule has 1 saturated heterocycles. The number of rotatable bonds is 3. The SMILES string of the molecule is CC(C)(C(=O)N1CCC(c2nnc3n2CCNC3)CC1)c1ccc(F)cc1. The summed E-state index contributed by atoms with van der Waals surface area (Å²) in [5.41, 5.74) is 0.176. The number of nitrogens with one attached hydrogen (secondary N) is 1. The van der Waals surface area contributed by atoms with Crippen molar-refractivity contribution in [2.24, 2.45) is 0 Å². The molecule has 144 valence electrons. The topological polar surface area (TPSA) is 63.1 Å². The maximum Gasteiger partial charge on any atom is 0.232 e. The van der Waals surface area contributed by atoms with Gasteiger partial charge in [-0.05, 0) is 44.4 Å². The number of carbonyl (C=O) groups excluding carboxylic acids is 1. The first kappa shape index (κ1) is 18.1. The summed E-state index contributed by atoms with van der Waals surface area (Å²) >= 11 is 0. The first-order valence-electron chi connectivity index (χ1n) is 9.65. The Morgan fingerprint density at radius 2 is 1.85 bits per heavy atom. The molecule has 3 heterocycles. The molecule has 4 rings (SSSR count). The number of benzene rings is 1. The Kier molecular flexibility index (Phi) is 4.72.